The van der Waals surface area contributed by atoms with Crippen LogP contribution >= 0.6 is 23.1 Å². The van der Waals surface area contributed by atoms with Crippen molar-refractivity contribution in [1.29, 1.82) is 0 Å². The molecule has 0 spiro atoms. The molecule has 4 rings (SSSR count). The number of rotatable bonds is 6. The van der Waals surface area contributed by atoms with E-state index < -0.39 is 5.97 Å². The highest BCUT2D eigenvalue weighted by molar-refractivity contribution is 7.98. The summed E-state index contributed by atoms with van der Waals surface area (Å²) >= 11 is 3.13. The number of benzene rings is 1. The lowest BCUT2D eigenvalue weighted by molar-refractivity contribution is 0.0661. The second-order valence-electron chi connectivity index (χ2n) is 5.98. The molecule has 1 N–H and O–H groups in total. The largest absolute Gasteiger partial charge is 0.497 e. The molecule has 3 heterocycles. The van der Waals surface area contributed by atoms with Gasteiger partial charge in [0.05, 0.1) is 18.2 Å². The van der Waals surface area contributed by atoms with Crippen LogP contribution < -0.4 is 4.74 Å². The van der Waals surface area contributed by atoms with Crippen molar-refractivity contribution in [1.82, 2.24) is 9.97 Å². The highest BCUT2D eigenvalue weighted by Crippen LogP contribution is 2.42. The molecule has 0 amide bonds. The average Bonchev–Trinajstić information content (AvgIpc) is 3.30. The van der Waals surface area contributed by atoms with Gasteiger partial charge in [0, 0.05) is 10.4 Å². The molecule has 1 aromatic carbocycles. The Morgan fingerprint density at radius 3 is 2.68 bits per heavy atom. The maximum atomic E-state index is 11.0. The van der Waals surface area contributed by atoms with E-state index in [1.54, 1.807) is 30.8 Å². The second kappa shape index (κ2) is 7.65. The summed E-state index contributed by atoms with van der Waals surface area (Å²) < 4.78 is 10.6. The molecule has 0 unspecified atom stereocenters. The Morgan fingerprint density at radius 2 is 2.00 bits per heavy atom. The van der Waals surface area contributed by atoms with Gasteiger partial charge in [-0.2, -0.15) is 0 Å². The van der Waals surface area contributed by atoms with Gasteiger partial charge in [-0.3, -0.25) is 0 Å². The van der Waals surface area contributed by atoms with Crippen molar-refractivity contribution in [2.75, 3.05) is 7.11 Å². The molecule has 0 saturated carbocycles. The van der Waals surface area contributed by atoms with Gasteiger partial charge in [-0.05, 0) is 36.8 Å². The lowest BCUT2D eigenvalue weighted by Gasteiger charge is -2.07. The first-order valence-corrected chi connectivity index (χ1v) is 10.2. The molecule has 0 saturated heterocycles. The molecule has 0 aliphatic rings. The third-order valence-corrected chi connectivity index (χ3v) is 6.26. The minimum Gasteiger partial charge on any atom is -0.497 e. The van der Waals surface area contributed by atoms with E-state index in [-0.39, 0.29) is 5.76 Å². The molecule has 0 fully saturated rings. The number of aromatic carboxylic acids is 1. The smallest absolute Gasteiger partial charge is 0.371 e. The summed E-state index contributed by atoms with van der Waals surface area (Å²) in [6.07, 6.45) is 1.56. The van der Waals surface area contributed by atoms with E-state index in [4.69, 9.17) is 14.3 Å². The van der Waals surface area contributed by atoms with Gasteiger partial charge in [0.2, 0.25) is 5.76 Å². The van der Waals surface area contributed by atoms with Crippen LogP contribution in [-0.2, 0) is 5.75 Å². The number of hydrogen-bond acceptors (Lipinski definition) is 7. The van der Waals surface area contributed by atoms with Crippen LogP contribution in [0.15, 0.2) is 52.2 Å². The third kappa shape index (κ3) is 3.48. The SMILES string of the molecule is COc1ccc(-c2c(C)sc3ncnc(SCc4ccc(C(=O)O)o4)c23)cc1. The summed E-state index contributed by atoms with van der Waals surface area (Å²) in [6.45, 7) is 2.08. The first-order valence-electron chi connectivity index (χ1n) is 8.40. The number of thiophene rings is 1. The van der Waals surface area contributed by atoms with Gasteiger partial charge in [-0.25, -0.2) is 14.8 Å². The maximum Gasteiger partial charge on any atom is 0.371 e. The summed E-state index contributed by atoms with van der Waals surface area (Å²) in [6, 6.07) is 11.1. The van der Waals surface area contributed by atoms with E-state index in [0.29, 0.717) is 11.5 Å². The molecule has 0 radical (unpaired) electrons. The third-order valence-electron chi connectivity index (χ3n) is 4.23. The summed E-state index contributed by atoms with van der Waals surface area (Å²) in [5, 5.41) is 10.8. The lowest BCUT2D eigenvalue weighted by Crippen LogP contribution is -1.92. The normalized spacial score (nSPS) is 11.1. The van der Waals surface area contributed by atoms with Gasteiger partial charge in [-0.1, -0.05) is 23.9 Å². The van der Waals surface area contributed by atoms with Crippen LogP contribution in [0, 0.1) is 6.92 Å². The minimum atomic E-state index is -1.07. The zero-order valence-corrected chi connectivity index (χ0v) is 16.8. The standard InChI is InChI=1S/C20H16N2O4S2/c1-11-16(12-3-5-13(25-2)6-4-12)17-18(21-10-22-19(17)28-11)27-9-14-7-8-15(26-14)20(23)24/h3-8,10H,9H2,1-2H3,(H,23,24). The Morgan fingerprint density at radius 1 is 1.21 bits per heavy atom. The van der Waals surface area contributed by atoms with Crippen molar-refractivity contribution in [3.8, 4) is 16.9 Å². The van der Waals surface area contributed by atoms with Crippen LogP contribution in [0.4, 0.5) is 0 Å². The number of aryl methyl sites for hydroxylation is 1. The molecule has 0 atom stereocenters. The van der Waals surface area contributed by atoms with Crippen LogP contribution in [0.5, 0.6) is 5.75 Å². The van der Waals surface area contributed by atoms with Crippen molar-refractivity contribution in [2.45, 2.75) is 17.7 Å². The fourth-order valence-electron chi connectivity index (χ4n) is 2.94. The number of thioether (sulfide) groups is 1. The molecule has 28 heavy (non-hydrogen) atoms. The quantitative estimate of drug-likeness (QED) is 0.341. The summed E-state index contributed by atoms with van der Waals surface area (Å²) in [7, 11) is 1.65. The summed E-state index contributed by atoms with van der Waals surface area (Å²) in [5.41, 5.74) is 2.18. The Bertz CT molecular complexity index is 1150. The summed E-state index contributed by atoms with van der Waals surface area (Å²) in [5.74, 6) is 0.742. The van der Waals surface area contributed by atoms with Crippen LogP contribution in [-0.4, -0.2) is 28.2 Å². The van der Waals surface area contributed by atoms with Crippen molar-refractivity contribution in [2.24, 2.45) is 0 Å². The Hall–Kier alpha value is -2.84. The van der Waals surface area contributed by atoms with Crippen LogP contribution in [0.25, 0.3) is 21.3 Å². The fourth-order valence-corrected chi connectivity index (χ4v) is 4.92. The number of fused-ring (bicyclic) bond motifs is 1. The number of ether oxygens (including phenoxy) is 1. The number of carboxylic acid groups (broad SMARTS) is 1. The Balaban J connectivity index is 1.71. The number of nitrogens with zero attached hydrogens (tertiary/aromatic N) is 2. The molecule has 3 aromatic heterocycles. The van der Waals surface area contributed by atoms with Gasteiger partial charge >= 0.3 is 5.97 Å². The maximum absolute atomic E-state index is 11.0. The number of hydrogen-bond donors (Lipinski definition) is 1. The van der Waals surface area contributed by atoms with Crippen LogP contribution in [0.3, 0.4) is 0 Å². The van der Waals surface area contributed by atoms with Crippen molar-refractivity contribution < 1.29 is 19.1 Å². The van der Waals surface area contributed by atoms with E-state index in [0.717, 1.165) is 37.0 Å². The molecule has 0 bridgehead atoms. The van der Waals surface area contributed by atoms with Gasteiger partial charge in [0.1, 0.15) is 27.7 Å². The molecule has 8 heteroatoms. The molecule has 0 aliphatic carbocycles. The van der Waals surface area contributed by atoms with E-state index in [1.165, 1.54) is 17.8 Å². The van der Waals surface area contributed by atoms with Crippen molar-refractivity contribution in [3.05, 3.63) is 59.1 Å². The van der Waals surface area contributed by atoms with Crippen LogP contribution in [0.2, 0.25) is 0 Å². The van der Waals surface area contributed by atoms with Gasteiger partial charge in [-0.15, -0.1) is 11.3 Å². The molecular formula is C20H16N2O4S2. The molecule has 6 nitrogen and oxygen atoms in total. The van der Waals surface area contributed by atoms with Gasteiger partial charge in [0.15, 0.2) is 0 Å². The monoisotopic (exact) mass is 412 g/mol. The Labute approximate surface area is 169 Å². The second-order valence-corrected chi connectivity index (χ2v) is 8.15. The van der Waals surface area contributed by atoms with Crippen molar-refractivity contribution in [3.63, 3.8) is 0 Å². The topological polar surface area (TPSA) is 85.5 Å². The van der Waals surface area contributed by atoms with Gasteiger partial charge in [0.25, 0.3) is 0 Å². The highest BCUT2D eigenvalue weighted by atomic mass is 32.2. The average molecular weight is 412 g/mol. The molecular weight excluding hydrogens is 396 g/mol. The number of aromatic nitrogens is 2. The summed E-state index contributed by atoms with van der Waals surface area (Å²) in [4.78, 5) is 22.0. The van der Waals surface area contributed by atoms with E-state index in [2.05, 4.69) is 16.9 Å². The lowest BCUT2D eigenvalue weighted by atomic mass is 10.0. The number of furan rings is 1. The highest BCUT2D eigenvalue weighted by Gasteiger charge is 2.18. The van der Waals surface area contributed by atoms with Gasteiger partial charge < -0.3 is 14.3 Å². The predicted octanol–water partition coefficient (Wildman–Crippen LogP) is 5.26. The molecule has 4 aromatic rings. The predicted molar refractivity (Wildman–Crippen MR) is 109 cm³/mol. The fraction of sp³-hybridized carbons (Fsp3) is 0.150. The minimum absolute atomic E-state index is 0.0614. The number of methoxy groups -OCH3 is 1. The van der Waals surface area contributed by atoms with E-state index in [1.807, 2.05) is 24.3 Å². The van der Waals surface area contributed by atoms with Crippen LogP contribution in [0.1, 0.15) is 21.2 Å². The molecule has 0 aliphatic heterocycles. The van der Waals surface area contributed by atoms with E-state index >= 15 is 0 Å². The zero-order chi connectivity index (χ0) is 19.7. The zero-order valence-electron chi connectivity index (χ0n) is 15.1. The molecule has 142 valence electrons. The van der Waals surface area contributed by atoms with Crippen molar-refractivity contribution >= 4 is 39.3 Å². The number of carbonyl (C=O) groups is 1. The van der Waals surface area contributed by atoms with E-state index in [9.17, 15) is 4.79 Å². The first-order chi connectivity index (χ1) is 13.6. The Kier molecular flexibility index (Phi) is 5.06. The number of carboxylic acids is 1. The first kappa shape index (κ1) is 18.5.